The van der Waals surface area contributed by atoms with Crippen molar-refractivity contribution >= 4 is 34.8 Å². The second-order valence-electron chi connectivity index (χ2n) is 10.8. The van der Waals surface area contributed by atoms with Gasteiger partial charge in [-0.1, -0.05) is 6.07 Å². The molecule has 0 unspecified atom stereocenters. The number of aromatic nitrogens is 2. The Hall–Kier alpha value is -3.86. The number of ether oxygens (including phenoxy) is 1. The molecule has 3 aromatic rings. The molecule has 3 fully saturated rings. The van der Waals surface area contributed by atoms with Gasteiger partial charge in [-0.05, 0) is 49.2 Å². The third kappa shape index (κ3) is 6.09. The van der Waals surface area contributed by atoms with Gasteiger partial charge in [-0.3, -0.25) is 4.79 Å². The number of piperidine rings is 1. The molecular formula is C30H37N7O3S. The zero-order chi connectivity index (χ0) is 28.2. The van der Waals surface area contributed by atoms with Crippen molar-refractivity contribution < 1.29 is 14.3 Å². The molecule has 11 heteroatoms. The van der Waals surface area contributed by atoms with Crippen LogP contribution in [0, 0.1) is 0 Å². The van der Waals surface area contributed by atoms with Crippen molar-refractivity contribution in [3.63, 3.8) is 0 Å². The van der Waals surface area contributed by atoms with E-state index in [9.17, 15) is 9.59 Å². The fourth-order valence-electron chi connectivity index (χ4n) is 5.88. The van der Waals surface area contributed by atoms with Crippen molar-refractivity contribution in [2.24, 2.45) is 0 Å². The summed E-state index contributed by atoms with van der Waals surface area (Å²) in [6, 6.07) is 14.1. The molecule has 3 aliphatic heterocycles. The molecule has 2 aromatic heterocycles. The number of urea groups is 1. The van der Waals surface area contributed by atoms with Gasteiger partial charge in [0.2, 0.25) is 0 Å². The zero-order valence-electron chi connectivity index (χ0n) is 23.5. The lowest BCUT2D eigenvalue weighted by Crippen LogP contribution is -2.54. The standard InChI is InChI=1S/C30H37N7O3S/c1-40-25-7-5-24(6-8-25)33-14-18-35(19-15-33)29(38)26-22-41-28(32-26)23-9-12-36(13-10-23)30(39)37-20-16-34(17-21-37)27-4-2-3-11-31-27/h2-8,11,22-23H,9-10,12-21H2,1H3. The lowest BCUT2D eigenvalue weighted by Gasteiger charge is -2.39. The topological polar surface area (TPSA) is 85.4 Å². The second kappa shape index (κ2) is 12.3. The minimum atomic E-state index is 0.0133. The van der Waals surface area contributed by atoms with Crippen LogP contribution in [0.2, 0.25) is 0 Å². The number of thiazole rings is 1. The Morgan fingerprint density at radius 2 is 1.46 bits per heavy atom. The normalized spacial score (nSPS) is 18.5. The highest BCUT2D eigenvalue weighted by molar-refractivity contribution is 7.09. The van der Waals surface area contributed by atoms with Crippen LogP contribution >= 0.6 is 11.3 Å². The number of carbonyl (C=O) groups is 2. The molecule has 0 atom stereocenters. The summed E-state index contributed by atoms with van der Waals surface area (Å²) < 4.78 is 5.26. The van der Waals surface area contributed by atoms with Crippen LogP contribution in [0.5, 0.6) is 5.75 Å². The van der Waals surface area contributed by atoms with E-state index >= 15 is 0 Å². The predicted octanol–water partition coefficient (Wildman–Crippen LogP) is 3.63. The maximum atomic E-state index is 13.2. The van der Waals surface area contributed by atoms with Gasteiger partial charge in [-0.25, -0.2) is 14.8 Å². The van der Waals surface area contributed by atoms with Crippen molar-refractivity contribution in [3.05, 3.63) is 64.7 Å². The minimum Gasteiger partial charge on any atom is -0.497 e. The van der Waals surface area contributed by atoms with E-state index in [0.717, 1.165) is 74.4 Å². The number of hydrogen-bond donors (Lipinski definition) is 0. The van der Waals surface area contributed by atoms with Crippen molar-refractivity contribution in [1.29, 1.82) is 0 Å². The average molecular weight is 576 g/mol. The van der Waals surface area contributed by atoms with E-state index in [1.165, 1.54) is 0 Å². The molecular weight excluding hydrogens is 538 g/mol. The number of piperazine rings is 2. The molecule has 3 saturated heterocycles. The molecule has 0 N–H and O–H groups in total. The number of amides is 3. The van der Waals surface area contributed by atoms with Gasteiger partial charge in [-0.2, -0.15) is 0 Å². The molecule has 5 heterocycles. The van der Waals surface area contributed by atoms with Gasteiger partial charge >= 0.3 is 6.03 Å². The smallest absolute Gasteiger partial charge is 0.320 e. The number of likely N-dealkylation sites (tertiary alicyclic amines) is 1. The highest BCUT2D eigenvalue weighted by Gasteiger charge is 2.31. The number of rotatable bonds is 5. The lowest BCUT2D eigenvalue weighted by molar-refractivity contribution is 0.0741. The largest absolute Gasteiger partial charge is 0.497 e. The summed E-state index contributed by atoms with van der Waals surface area (Å²) in [5, 5.41) is 2.92. The third-order valence-corrected chi connectivity index (χ3v) is 9.39. The Balaban J connectivity index is 0.962. The summed E-state index contributed by atoms with van der Waals surface area (Å²) in [5.41, 5.74) is 1.69. The predicted molar refractivity (Wildman–Crippen MR) is 160 cm³/mol. The molecule has 1 aromatic carbocycles. The van der Waals surface area contributed by atoms with E-state index in [-0.39, 0.29) is 11.9 Å². The minimum absolute atomic E-state index is 0.0133. The molecule has 3 aliphatic rings. The molecule has 3 amide bonds. The summed E-state index contributed by atoms with van der Waals surface area (Å²) in [7, 11) is 1.67. The monoisotopic (exact) mass is 575 g/mol. The number of carbonyl (C=O) groups excluding carboxylic acids is 2. The fourth-order valence-corrected chi connectivity index (χ4v) is 6.85. The first-order valence-electron chi connectivity index (χ1n) is 14.4. The summed E-state index contributed by atoms with van der Waals surface area (Å²) in [5.74, 6) is 2.12. The first-order valence-corrected chi connectivity index (χ1v) is 15.3. The maximum absolute atomic E-state index is 13.2. The number of anilines is 2. The molecule has 216 valence electrons. The van der Waals surface area contributed by atoms with E-state index in [0.29, 0.717) is 37.8 Å². The molecule has 0 bridgehead atoms. The fraction of sp³-hybridized carbons (Fsp3) is 0.467. The van der Waals surface area contributed by atoms with Gasteiger partial charge in [0.05, 0.1) is 12.1 Å². The number of hydrogen-bond acceptors (Lipinski definition) is 8. The van der Waals surface area contributed by atoms with Crippen LogP contribution in [0.15, 0.2) is 54.0 Å². The lowest BCUT2D eigenvalue weighted by atomic mass is 9.98. The summed E-state index contributed by atoms with van der Waals surface area (Å²) in [6.45, 7) is 7.39. The average Bonchev–Trinajstić information content (AvgIpc) is 3.55. The van der Waals surface area contributed by atoms with E-state index in [2.05, 4.69) is 26.9 Å². The molecule has 0 radical (unpaired) electrons. The quantitative estimate of drug-likeness (QED) is 0.459. The molecule has 0 spiro atoms. The zero-order valence-corrected chi connectivity index (χ0v) is 24.3. The molecule has 10 nitrogen and oxygen atoms in total. The van der Waals surface area contributed by atoms with E-state index in [4.69, 9.17) is 9.72 Å². The van der Waals surface area contributed by atoms with Crippen LogP contribution in [0.25, 0.3) is 0 Å². The van der Waals surface area contributed by atoms with Crippen LogP contribution in [0.1, 0.15) is 34.3 Å². The van der Waals surface area contributed by atoms with Crippen LogP contribution in [0.3, 0.4) is 0 Å². The molecule has 0 aliphatic carbocycles. The maximum Gasteiger partial charge on any atom is 0.320 e. The molecule has 41 heavy (non-hydrogen) atoms. The summed E-state index contributed by atoms with van der Waals surface area (Å²) in [6.07, 6.45) is 3.56. The first-order chi connectivity index (χ1) is 20.1. The van der Waals surface area contributed by atoms with E-state index < -0.39 is 0 Å². The highest BCUT2D eigenvalue weighted by atomic mass is 32.1. The van der Waals surface area contributed by atoms with Gasteiger partial charge in [0.25, 0.3) is 5.91 Å². The van der Waals surface area contributed by atoms with Crippen LogP contribution in [-0.4, -0.2) is 109 Å². The highest BCUT2D eigenvalue weighted by Crippen LogP contribution is 2.31. The number of methoxy groups -OCH3 is 1. The van der Waals surface area contributed by atoms with E-state index in [1.54, 1.807) is 18.4 Å². The summed E-state index contributed by atoms with van der Waals surface area (Å²) >= 11 is 1.58. The Bertz CT molecular complexity index is 1310. The van der Waals surface area contributed by atoms with Gasteiger partial charge in [-0.15, -0.1) is 11.3 Å². The first kappa shape index (κ1) is 27.3. The van der Waals surface area contributed by atoms with Gasteiger partial charge < -0.3 is 29.2 Å². The van der Waals surface area contributed by atoms with Crippen LogP contribution in [-0.2, 0) is 0 Å². The Morgan fingerprint density at radius 3 is 2.12 bits per heavy atom. The van der Waals surface area contributed by atoms with Gasteiger partial charge in [0.15, 0.2) is 0 Å². The molecule has 6 rings (SSSR count). The number of pyridine rings is 1. The summed E-state index contributed by atoms with van der Waals surface area (Å²) in [4.78, 5) is 46.0. The molecule has 0 saturated carbocycles. The van der Waals surface area contributed by atoms with Gasteiger partial charge in [0, 0.05) is 88.6 Å². The second-order valence-corrected chi connectivity index (χ2v) is 11.6. The Labute approximate surface area is 245 Å². The third-order valence-electron chi connectivity index (χ3n) is 8.38. The number of nitrogens with zero attached hydrogens (tertiary/aromatic N) is 7. The van der Waals surface area contributed by atoms with Gasteiger partial charge in [0.1, 0.15) is 17.3 Å². The van der Waals surface area contributed by atoms with Crippen molar-refractivity contribution in [3.8, 4) is 5.75 Å². The Morgan fingerprint density at radius 1 is 0.805 bits per heavy atom. The number of benzene rings is 1. The van der Waals surface area contributed by atoms with Crippen molar-refractivity contribution in [1.82, 2.24) is 24.7 Å². The van der Waals surface area contributed by atoms with Crippen LogP contribution < -0.4 is 14.5 Å². The van der Waals surface area contributed by atoms with E-state index in [1.807, 2.05) is 56.6 Å². The van der Waals surface area contributed by atoms with Crippen LogP contribution in [0.4, 0.5) is 16.3 Å². The SMILES string of the molecule is COc1ccc(N2CCN(C(=O)c3csc(C4CCN(C(=O)N5CCN(c6ccccn6)CC5)CC4)n3)CC2)cc1. The Kier molecular flexibility index (Phi) is 8.22. The van der Waals surface area contributed by atoms with Crippen molar-refractivity contribution in [2.75, 3.05) is 82.4 Å². The van der Waals surface area contributed by atoms with Crippen molar-refractivity contribution in [2.45, 2.75) is 18.8 Å².